The van der Waals surface area contributed by atoms with Crippen LogP contribution in [-0.4, -0.2) is 47.1 Å². The van der Waals surface area contributed by atoms with Crippen LogP contribution in [0.1, 0.15) is 32.6 Å². The lowest BCUT2D eigenvalue weighted by Crippen LogP contribution is -2.30. The molecule has 0 aromatic rings. The van der Waals surface area contributed by atoms with Crippen molar-refractivity contribution in [3.05, 3.63) is 0 Å². The SMILES string of the molecule is CCC1CC(OC(=O)CCC(=O)O)C(CO)O1. The summed E-state index contributed by atoms with van der Waals surface area (Å²) in [6.45, 7) is 1.75. The van der Waals surface area contributed by atoms with Gasteiger partial charge >= 0.3 is 11.9 Å². The van der Waals surface area contributed by atoms with E-state index < -0.39 is 24.1 Å². The lowest BCUT2D eigenvalue weighted by molar-refractivity contribution is -0.155. The molecule has 0 spiro atoms. The third-order valence-electron chi connectivity index (χ3n) is 2.74. The largest absolute Gasteiger partial charge is 0.481 e. The molecule has 0 aromatic carbocycles. The summed E-state index contributed by atoms with van der Waals surface area (Å²) in [5, 5.41) is 17.5. The van der Waals surface area contributed by atoms with Crippen LogP contribution in [0, 0.1) is 0 Å². The molecule has 0 bridgehead atoms. The summed E-state index contributed by atoms with van der Waals surface area (Å²) >= 11 is 0. The third kappa shape index (κ3) is 4.32. The average molecular weight is 246 g/mol. The van der Waals surface area contributed by atoms with E-state index in [1.54, 1.807) is 0 Å². The van der Waals surface area contributed by atoms with Crippen molar-refractivity contribution in [2.75, 3.05) is 6.61 Å². The Morgan fingerprint density at radius 3 is 2.65 bits per heavy atom. The molecule has 0 aliphatic carbocycles. The Morgan fingerprint density at radius 2 is 2.12 bits per heavy atom. The van der Waals surface area contributed by atoms with Gasteiger partial charge in [0.1, 0.15) is 12.2 Å². The van der Waals surface area contributed by atoms with Crippen molar-refractivity contribution >= 4 is 11.9 Å². The Hall–Kier alpha value is -1.14. The lowest BCUT2D eigenvalue weighted by atomic mass is 10.1. The number of hydrogen-bond donors (Lipinski definition) is 2. The molecule has 1 heterocycles. The van der Waals surface area contributed by atoms with Gasteiger partial charge in [0.25, 0.3) is 0 Å². The van der Waals surface area contributed by atoms with Gasteiger partial charge in [0.05, 0.1) is 25.6 Å². The van der Waals surface area contributed by atoms with E-state index in [1.807, 2.05) is 6.92 Å². The molecule has 17 heavy (non-hydrogen) atoms. The summed E-state index contributed by atoms with van der Waals surface area (Å²) in [5.41, 5.74) is 0. The average Bonchev–Trinajstić information content (AvgIpc) is 2.68. The Morgan fingerprint density at radius 1 is 1.41 bits per heavy atom. The van der Waals surface area contributed by atoms with E-state index in [0.29, 0.717) is 6.42 Å². The number of esters is 1. The van der Waals surface area contributed by atoms with Gasteiger partial charge in [-0.05, 0) is 6.42 Å². The van der Waals surface area contributed by atoms with Crippen LogP contribution in [0.4, 0.5) is 0 Å². The Bertz CT molecular complexity index is 277. The summed E-state index contributed by atoms with van der Waals surface area (Å²) in [7, 11) is 0. The highest BCUT2D eigenvalue weighted by Gasteiger charge is 2.36. The summed E-state index contributed by atoms with van der Waals surface area (Å²) in [6, 6.07) is 0. The monoisotopic (exact) mass is 246 g/mol. The fourth-order valence-electron chi connectivity index (χ4n) is 1.79. The zero-order chi connectivity index (χ0) is 12.8. The quantitative estimate of drug-likeness (QED) is 0.656. The number of carboxylic acid groups (broad SMARTS) is 1. The lowest BCUT2D eigenvalue weighted by Gasteiger charge is -2.16. The summed E-state index contributed by atoms with van der Waals surface area (Å²) in [4.78, 5) is 21.6. The smallest absolute Gasteiger partial charge is 0.306 e. The van der Waals surface area contributed by atoms with Crippen molar-refractivity contribution in [2.45, 2.75) is 50.9 Å². The summed E-state index contributed by atoms with van der Waals surface area (Å²) in [6.07, 6.45) is -0.0154. The second-order valence-corrected chi connectivity index (χ2v) is 4.05. The molecule has 3 unspecified atom stereocenters. The first-order valence-electron chi connectivity index (χ1n) is 5.74. The minimum atomic E-state index is -1.03. The third-order valence-corrected chi connectivity index (χ3v) is 2.74. The molecule has 1 fully saturated rings. The second kappa shape index (κ2) is 6.56. The van der Waals surface area contributed by atoms with E-state index in [4.69, 9.17) is 19.7 Å². The molecular weight excluding hydrogens is 228 g/mol. The van der Waals surface area contributed by atoms with E-state index in [2.05, 4.69) is 0 Å². The van der Waals surface area contributed by atoms with Crippen LogP contribution in [0.5, 0.6) is 0 Å². The van der Waals surface area contributed by atoms with Gasteiger partial charge in [-0.2, -0.15) is 0 Å². The maximum atomic E-state index is 11.3. The number of carbonyl (C=O) groups excluding carboxylic acids is 1. The van der Waals surface area contributed by atoms with Crippen LogP contribution in [0.15, 0.2) is 0 Å². The zero-order valence-electron chi connectivity index (χ0n) is 9.80. The van der Waals surface area contributed by atoms with Gasteiger partial charge in [0, 0.05) is 6.42 Å². The number of ether oxygens (including phenoxy) is 2. The first-order valence-corrected chi connectivity index (χ1v) is 5.74. The molecule has 1 aliphatic rings. The first kappa shape index (κ1) is 13.9. The Kier molecular flexibility index (Phi) is 5.37. The van der Waals surface area contributed by atoms with Gasteiger partial charge in [-0.25, -0.2) is 0 Å². The molecular formula is C11H18O6. The molecule has 0 radical (unpaired) electrons. The topological polar surface area (TPSA) is 93.1 Å². The van der Waals surface area contributed by atoms with Gasteiger partial charge in [0.15, 0.2) is 0 Å². The highest BCUT2D eigenvalue weighted by Crippen LogP contribution is 2.25. The molecule has 6 nitrogen and oxygen atoms in total. The van der Waals surface area contributed by atoms with E-state index in [0.717, 1.165) is 6.42 Å². The van der Waals surface area contributed by atoms with Crippen molar-refractivity contribution in [2.24, 2.45) is 0 Å². The van der Waals surface area contributed by atoms with E-state index in [9.17, 15) is 9.59 Å². The molecule has 2 N–H and O–H groups in total. The van der Waals surface area contributed by atoms with Crippen molar-refractivity contribution < 1.29 is 29.3 Å². The number of aliphatic hydroxyl groups excluding tert-OH is 1. The van der Waals surface area contributed by atoms with Crippen LogP contribution in [0.25, 0.3) is 0 Å². The second-order valence-electron chi connectivity index (χ2n) is 4.05. The Balaban J connectivity index is 2.38. The van der Waals surface area contributed by atoms with Gasteiger partial charge in [-0.15, -0.1) is 0 Å². The molecule has 0 aromatic heterocycles. The number of aliphatic hydroxyl groups is 1. The molecule has 98 valence electrons. The predicted molar refractivity (Wildman–Crippen MR) is 57.4 cm³/mol. The maximum absolute atomic E-state index is 11.3. The minimum absolute atomic E-state index is 0.00979. The zero-order valence-corrected chi connectivity index (χ0v) is 9.80. The fourth-order valence-corrected chi connectivity index (χ4v) is 1.79. The number of aliphatic carboxylic acids is 1. The van der Waals surface area contributed by atoms with Crippen molar-refractivity contribution in [1.82, 2.24) is 0 Å². The van der Waals surface area contributed by atoms with E-state index in [-0.39, 0.29) is 25.6 Å². The summed E-state index contributed by atoms with van der Waals surface area (Å²) in [5.74, 6) is -1.59. The predicted octanol–water partition coefficient (Wildman–Crippen LogP) is 0.323. The molecule has 1 aliphatic heterocycles. The van der Waals surface area contributed by atoms with Crippen LogP contribution in [0.3, 0.4) is 0 Å². The van der Waals surface area contributed by atoms with Crippen molar-refractivity contribution in [1.29, 1.82) is 0 Å². The van der Waals surface area contributed by atoms with Crippen molar-refractivity contribution in [3.63, 3.8) is 0 Å². The Labute approximate surface area is 99.5 Å². The first-order chi connectivity index (χ1) is 8.06. The van der Waals surface area contributed by atoms with Crippen molar-refractivity contribution in [3.8, 4) is 0 Å². The van der Waals surface area contributed by atoms with Gasteiger partial charge in [0.2, 0.25) is 0 Å². The molecule has 6 heteroatoms. The highest BCUT2D eigenvalue weighted by atomic mass is 16.6. The van der Waals surface area contributed by atoms with Gasteiger partial charge in [-0.1, -0.05) is 6.92 Å². The molecule has 1 saturated heterocycles. The number of carbonyl (C=O) groups is 2. The molecule has 1 rings (SSSR count). The van der Waals surface area contributed by atoms with E-state index >= 15 is 0 Å². The minimum Gasteiger partial charge on any atom is -0.481 e. The van der Waals surface area contributed by atoms with Crippen LogP contribution in [-0.2, 0) is 19.1 Å². The van der Waals surface area contributed by atoms with Gasteiger partial charge < -0.3 is 19.7 Å². The maximum Gasteiger partial charge on any atom is 0.306 e. The number of hydrogen-bond acceptors (Lipinski definition) is 5. The van der Waals surface area contributed by atoms with Gasteiger partial charge in [-0.3, -0.25) is 9.59 Å². The van der Waals surface area contributed by atoms with Crippen LogP contribution in [0.2, 0.25) is 0 Å². The normalized spacial score (nSPS) is 28.0. The molecule has 3 atom stereocenters. The van der Waals surface area contributed by atoms with Crippen LogP contribution < -0.4 is 0 Å². The fraction of sp³-hybridized carbons (Fsp3) is 0.818. The molecule has 0 saturated carbocycles. The summed E-state index contributed by atoms with van der Waals surface area (Å²) < 4.78 is 10.6. The standard InChI is InChI=1S/C11H18O6/c1-2-7-5-8(9(6-12)16-7)17-11(15)4-3-10(13)14/h7-9,12H,2-6H2,1H3,(H,13,14). The number of carboxylic acids is 1. The molecule has 0 amide bonds. The van der Waals surface area contributed by atoms with Crippen LogP contribution >= 0.6 is 0 Å². The highest BCUT2D eigenvalue weighted by molar-refractivity contribution is 5.76. The number of rotatable bonds is 6. The van der Waals surface area contributed by atoms with E-state index in [1.165, 1.54) is 0 Å².